The fourth-order valence-corrected chi connectivity index (χ4v) is 1.57. The minimum Gasteiger partial charge on any atom is -0.495 e. The maximum atomic E-state index is 5.82. The van der Waals surface area contributed by atoms with Gasteiger partial charge in [0.15, 0.2) is 0 Å². The zero-order valence-corrected chi connectivity index (χ0v) is 9.68. The van der Waals surface area contributed by atoms with Crippen LogP contribution in [0.5, 0.6) is 5.75 Å². The monoisotopic (exact) mass is 229 g/mol. The first kappa shape index (κ1) is 11.3. The lowest BCUT2D eigenvalue weighted by atomic mass is 10.2. The molecule has 3 N–H and O–H groups in total. The van der Waals surface area contributed by atoms with Crippen LogP contribution < -0.4 is 15.8 Å². The Labute approximate surface area is 100 Å². The van der Waals surface area contributed by atoms with Gasteiger partial charge in [0.05, 0.1) is 30.7 Å². The van der Waals surface area contributed by atoms with Crippen LogP contribution in [0, 0.1) is 0 Å². The van der Waals surface area contributed by atoms with Gasteiger partial charge in [-0.05, 0) is 24.3 Å². The van der Waals surface area contributed by atoms with E-state index in [1.54, 1.807) is 13.3 Å². The van der Waals surface area contributed by atoms with Crippen molar-refractivity contribution in [1.29, 1.82) is 0 Å². The second-order valence-electron chi connectivity index (χ2n) is 3.59. The molecule has 1 aromatic carbocycles. The van der Waals surface area contributed by atoms with Gasteiger partial charge in [-0.1, -0.05) is 12.1 Å². The summed E-state index contributed by atoms with van der Waals surface area (Å²) in [6.45, 7) is 0.576. The summed E-state index contributed by atoms with van der Waals surface area (Å²) in [6, 6.07) is 11.4. The third kappa shape index (κ3) is 2.66. The highest BCUT2D eigenvalue weighted by Crippen LogP contribution is 2.23. The summed E-state index contributed by atoms with van der Waals surface area (Å²) in [5, 5.41) is 3.25. The molecule has 0 aliphatic heterocycles. The van der Waals surface area contributed by atoms with Crippen molar-refractivity contribution in [2.45, 2.75) is 6.54 Å². The highest BCUT2D eigenvalue weighted by molar-refractivity contribution is 5.57. The second-order valence-corrected chi connectivity index (χ2v) is 3.59. The van der Waals surface area contributed by atoms with E-state index in [0.717, 1.165) is 17.1 Å². The maximum absolute atomic E-state index is 5.82. The normalized spacial score (nSPS) is 9.94. The van der Waals surface area contributed by atoms with Gasteiger partial charge in [-0.15, -0.1) is 0 Å². The van der Waals surface area contributed by atoms with Gasteiger partial charge in [-0.3, -0.25) is 4.98 Å². The van der Waals surface area contributed by atoms with E-state index in [9.17, 15) is 0 Å². The molecule has 4 heteroatoms. The zero-order valence-electron chi connectivity index (χ0n) is 9.68. The van der Waals surface area contributed by atoms with Crippen molar-refractivity contribution >= 4 is 11.4 Å². The number of methoxy groups -OCH3 is 1. The lowest BCUT2D eigenvalue weighted by Gasteiger charge is -2.11. The van der Waals surface area contributed by atoms with Gasteiger partial charge in [-0.2, -0.15) is 0 Å². The highest BCUT2D eigenvalue weighted by Gasteiger charge is 2.03. The summed E-state index contributed by atoms with van der Waals surface area (Å²) in [5.41, 5.74) is 8.27. The van der Waals surface area contributed by atoms with E-state index >= 15 is 0 Å². The molecule has 2 rings (SSSR count). The number of nitrogens with two attached hydrogens (primary N) is 1. The molecule has 2 aromatic rings. The van der Waals surface area contributed by atoms with Crippen LogP contribution in [0.3, 0.4) is 0 Å². The number of nitrogens with one attached hydrogen (secondary N) is 1. The van der Waals surface area contributed by atoms with Crippen LogP contribution in [0.1, 0.15) is 5.69 Å². The fraction of sp³-hybridized carbons (Fsp3) is 0.154. The molecule has 4 nitrogen and oxygen atoms in total. The van der Waals surface area contributed by atoms with Crippen molar-refractivity contribution in [2.75, 3.05) is 18.2 Å². The molecule has 0 atom stereocenters. The quantitative estimate of drug-likeness (QED) is 0.844. The summed E-state index contributed by atoms with van der Waals surface area (Å²) in [6.07, 6.45) is 1.73. The van der Waals surface area contributed by atoms with E-state index in [1.165, 1.54) is 0 Å². The lowest BCUT2D eigenvalue weighted by Crippen LogP contribution is -2.05. The Kier molecular flexibility index (Phi) is 3.45. The molecule has 0 spiro atoms. The average Bonchev–Trinajstić information content (AvgIpc) is 2.38. The van der Waals surface area contributed by atoms with Crippen molar-refractivity contribution < 1.29 is 4.74 Å². The number of hydrogen-bond acceptors (Lipinski definition) is 4. The lowest BCUT2D eigenvalue weighted by molar-refractivity contribution is 0.416. The molecule has 0 amide bonds. The topological polar surface area (TPSA) is 60.2 Å². The van der Waals surface area contributed by atoms with Crippen molar-refractivity contribution in [3.63, 3.8) is 0 Å². The third-order valence-electron chi connectivity index (χ3n) is 2.48. The molecular weight excluding hydrogens is 214 g/mol. The summed E-state index contributed by atoms with van der Waals surface area (Å²) < 4.78 is 5.25. The van der Waals surface area contributed by atoms with Gasteiger partial charge >= 0.3 is 0 Å². The van der Waals surface area contributed by atoms with Gasteiger partial charge in [0.1, 0.15) is 5.75 Å². The van der Waals surface area contributed by atoms with E-state index in [1.807, 2.05) is 36.4 Å². The molecule has 0 unspecified atom stereocenters. The number of nitrogens with zero attached hydrogens (tertiary/aromatic N) is 1. The van der Waals surface area contributed by atoms with Crippen LogP contribution in [0.4, 0.5) is 11.4 Å². The van der Waals surface area contributed by atoms with Crippen molar-refractivity contribution in [1.82, 2.24) is 4.98 Å². The van der Waals surface area contributed by atoms with E-state index < -0.39 is 0 Å². The fourth-order valence-electron chi connectivity index (χ4n) is 1.57. The number of benzene rings is 1. The minimum absolute atomic E-state index is 0.576. The first-order chi connectivity index (χ1) is 8.31. The Morgan fingerprint density at radius 2 is 2.06 bits per heavy atom. The molecule has 0 aliphatic carbocycles. The van der Waals surface area contributed by atoms with Crippen LogP contribution in [0.2, 0.25) is 0 Å². The van der Waals surface area contributed by atoms with Crippen LogP contribution in [0.15, 0.2) is 42.6 Å². The Morgan fingerprint density at radius 1 is 1.24 bits per heavy atom. The maximum Gasteiger partial charge on any atom is 0.141 e. The van der Waals surface area contributed by atoms with Gasteiger partial charge in [0, 0.05) is 6.20 Å². The molecule has 1 heterocycles. The highest BCUT2D eigenvalue weighted by atomic mass is 16.5. The van der Waals surface area contributed by atoms with E-state index in [2.05, 4.69) is 10.3 Å². The van der Waals surface area contributed by atoms with Crippen LogP contribution >= 0.6 is 0 Å². The van der Waals surface area contributed by atoms with Gasteiger partial charge in [-0.25, -0.2) is 0 Å². The Hall–Kier alpha value is -2.23. The standard InChI is InChI=1S/C13H15N3O/c1-17-13-7-3-2-6-11(13)16-9-12-10(14)5-4-8-15-12/h2-8,16H,9,14H2,1H3. The van der Waals surface area contributed by atoms with E-state index in [4.69, 9.17) is 10.5 Å². The number of aromatic nitrogens is 1. The number of pyridine rings is 1. The van der Waals surface area contributed by atoms with Gasteiger partial charge in [0.25, 0.3) is 0 Å². The Morgan fingerprint density at radius 3 is 2.82 bits per heavy atom. The summed E-state index contributed by atoms with van der Waals surface area (Å²) in [4.78, 5) is 4.22. The molecule has 0 bridgehead atoms. The van der Waals surface area contributed by atoms with E-state index in [0.29, 0.717) is 12.2 Å². The third-order valence-corrected chi connectivity index (χ3v) is 2.48. The van der Waals surface area contributed by atoms with Crippen LogP contribution in [0.25, 0.3) is 0 Å². The number of ether oxygens (including phenoxy) is 1. The van der Waals surface area contributed by atoms with Gasteiger partial charge < -0.3 is 15.8 Å². The second kappa shape index (κ2) is 5.21. The largest absolute Gasteiger partial charge is 0.495 e. The first-order valence-electron chi connectivity index (χ1n) is 5.37. The molecule has 0 saturated heterocycles. The zero-order chi connectivity index (χ0) is 12.1. The summed E-state index contributed by atoms with van der Waals surface area (Å²) in [7, 11) is 1.65. The number of rotatable bonds is 4. The van der Waals surface area contributed by atoms with Crippen molar-refractivity contribution in [3.05, 3.63) is 48.3 Å². The molecule has 0 fully saturated rings. The Bertz CT molecular complexity index is 500. The molecule has 1 aromatic heterocycles. The van der Waals surface area contributed by atoms with Crippen LogP contribution in [-0.2, 0) is 6.54 Å². The predicted octanol–water partition coefficient (Wildman–Crippen LogP) is 2.28. The molecule has 0 aliphatic rings. The van der Waals surface area contributed by atoms with Crippen molar-refractivity contribution in [2.24, 2.45) is 0 Å². The number of anilines is 2. The number of nitrogen functional groups attached to an aromatic ring is 1. The Balaban J connectivity index is 2.10. The molecular formula is C13H15N3O. The van der Waals surface area contributed by atoms with Crippen molar-refractivity contribution in [3.8, 4) is 5.75 Å². The summed E-state index contributed by atoms with van der Waals surface area (Å²) >= 11 is 0. The SMILES string of the molecule is COc1ccccc1NCc1ncccc1N. The molecule has 88 valence electrons. The number of para-hydroxylation sites is 2. The molecule has 0 radical (unpaired) electrons. The first-order valence-corrected chi connectivity index (χ1v) is 5.37. The van der Waals surface area contributed by atoms with Crippen LogP contribution in [-0.4, -0.2) is 12.1 Å². The summed E-state index contributed by atoms with van der Waals surface area (Å²) in [5.74, 6) is 0.807. The van der Waals surface area contributed by atoms with E-state index in [-0.39, 0.29) is 0 Å². The van der Waals surface area contributed by atoms with Gasteiger partial charge in [0.2, 0.25) is 0 Å². The smallest absolute Gasteiger partial charge is 0.141 e. The molecule has 0 saturated carbocycles. The molecule has 17 heavy (non-hydrogen) atoms. The predicted molar refractivity (Wildman–Crippen MR) is 69.0 cm³/mol. The minimum atomic E-state index is 0.576. The number of hydrogen-bond donors (Lipinski definition) is 2. The average molecular weight is 229 g/mol.